The minimum Gasteiger partial charge on any atom is -0.264 e. The van der Waals surface area contributed by atoms with E-state index >= 15 is 0 Å². The van der Waals surface area contributed by atoms with Gasteiger partial charge in [0.05, 0.1) is 22.5 Å². The zero-order chi connectivity index (χ0) is 29.8. The second-order valence-corrected chi connectivity index (χ2v) is 10.5. The van der Waals surface area contributed by atoms with E-state index in [0.717, 1.165) is 50.5 Å². The highest BCUT2D eigenvalue weighted by Gasteiger charge is 2.47. The Kier molecular flexibility index (Phi) is 7.59. The number of hydrogen-bond donors (Lipinski definition) is 0. The molecule has 0 spiro atoms. The molecule has 0 amide bonds. The van der Waals surface area contributed by atoms with Gasteiger partial charge in [-0.2, -0.15) is 0 Å². The number of fused-ring (bicyclic) bond motifs is 1. The molecule has 1 aliphatic rings. The molecule has 1 aliphatic carbocycles. The maximum atomic E-state index is 5.03. The van der Waals surface area contributed by atoms with Crippen LogP contribution in [0.1, 0.15) is 36.4 Å². The van der Waals surface area contributed by atoms with Gasteiger partial charge >= 0.3 is 0 Å². The molecule has 1 unspecified atom stereocenters. The van der Waals surface area contributed by atoms with Crippen molar-refractivity contribution in [1.29, 1.82) is 0 Å². The van der Waals surface area contributed by atoms with Crippen LogP contribution in [0.2, 0.25) is 0 Å². The van der Waals surface area contributed by atoms with E-state index < -0.39 is 5.41 Å². The van der Waals surface area contributed by atoms with Gasteiger partial charge in [0.1, 0.15) is 0 Å². The number of pyridine rings is 4. The van der Waals surface area contributed by atoms with E-state index in [1.807, 2.05) is 55.0 Å². The summed E-state index contributed by atoms with van der Waals surface area (Å²) in [7, 11) is 0. The SMILES string of the molecule is C=C/C(=C\C)C1(c2ccccn2)C(/C=C\C(=C)c2cc(-c3cccnc3)cc(-c3cccnc3)n2)=C(C)c2ccccc21. The van der Waals surface area contributed by atoms with E-state index in [2.05, 4.69) is 104 Å². The molecule has 43 heavy (non-hydrogen) atoms. The summed E-state index contributed by atoms with van der Waals surface area (Å²) in [5.41, 5.74) is 11.5. The number of benzene rings is 1. The monoisotopic (exact) mass is 556 g/mol. The Balaban J connectivity index is 1.50. The maximum Gasteiger partial charge on any atom is 0.0879 e. The van der Waals surface area contributed by atoms with Crippen LogP contribution in [0.15, 0.2) is 158 Å². The molecule has 4 heteroatoms. The molecule has 4 aromatic heterocycles. The van der Waals surface area contributed by atoms with Crippen LogP contribution in [-0.2, 0) is 5.41 Å². The van der Waals surface area contributed by atoms with Crippen LogP contribution in [-0.4, -0.2) is 19.9 Å². The third kappa shape index (κ3) is 4.87. The topological polar surface area (TPSA) is 51.6 Å². The molecular formula is C39H32N4. The first-order valence-electron chi connectivity index (χ1n) is 14.3. The van der Waals surface area contributed by atoms with E-state index in [4.69, 9.17) is 9.97 Å². The van der Waals surface area contributed by atoms with Crippen molar-refractivity contribution >= 4 is 11.1 Å². The lowest BCUT2D eigenvalue weighted by atomic mass is 9.68. The summed E-state index contributed by atoms with van der Waals surface area (Å²) in [5, 5.41) is 0. The lowest BCUT2D eigenvalue weighted by Crippen LogP contribution is -2.30. The molecule has 0 saturated carbocycles. The van der Waals surface area contributed by atoms with Gasteiger partial charge in [-0.05, 0) is 95.3 Å². The molecule has 4 heterocycles. The van der Waals surface area contributed by atoms with Gasteiger partial charge in [-0.15, -0.1) is 0 Å². The number of rotatable bonds is 8. The molecule has 208 valence electrons. The van der Waals surface area contributed by atoms with Crippen LogP contribution in [0, 0.1) is 0 Å². The van der Waals surface area contributed by atoms with Gasteiger partial charge in [-0.3, -0.25) is 15.0 Å². The molecule has 5 aromatic rings. The van der Waals surface area contributed by atoms with Crippen LogP contribution in [0.4, 0.5) is 0 Å². The van der Waals surface area contributed by atoms with Gasteiger partial charge in [-0.1, -0.05) is 73.9 Å². The fourth-order valence-electron chi connectivity index (χ4n) is 6.09. The summed E-state index contributed by atoms with van der Waals surface area (Å²) in [4.78, 5) is 18.6. The molecule has 1 aromatic carbocycles. The standard InChI is InChI=1S/C39H32N4/c1-5-32(6-2)39(38-17-9-10-22-42-38)34(28(4)33-15-7-8-16-35(33)39)19-18-27(3)36-23-31(29-13-11-20-40-25-29)24-37(43-36)30-14-12-21-41-26-30/h5-26H,1,3H2,2,4H3/b19-18-,32-6+. The summed E-state index contributed by atoms with van der Waals surface area (Å²) in [5.74, 6) is 0. The molecule has 0 aliphatic heterocycles. The van der Waals surface area contributed by atoms with E-state index in [9.17, 15) is 0 Å². The van der Waals surface area contributed by atoms with Gasteiger partial charge in [0.2, 0.25) is 0 Å². The third-order valence-electron chi connectivity index (χ3n) is 8.11. The van der Waals surface area contributed by atoms with E-state index in [0.29, 0.717) is 0 Å². The van der Waals surface area contributed by atoms with E-state index in [1.165, 1.54) is 16.7 Å². The Labute approximate surface area is 253 Å². The van der Waals surface area contributed by atoms with Crippen molar-refractivity contribution in [3.63, 3.8) is 0 Å². The third-order valence-corrected chi connectivity index (χ3v) is 8.11. The van der Waals surface area contributed by atoms with Crippen molar-refractivity contribution in [2.24, 2.45) is 0 Å². The van der Waals surface area contributed by atoms with E-state index in [1.54, 1.807) is 12.4 Å². The highest BCUT2D eigenvalue weighted by molar-refractivity contribution is 5.88. The molecule has 0 radical (unpaired) electrons. The Morgan fingerprint density at radius 1 is 0.814 bits per heavy atom. The summed E-state index contributed by atoms with van der Waals surface area (Å²) in [6.07, 6.45) is 17.4. The first-order valence-corrected chi connectivity index (χ1v) is 14.3. The minimum absolute atomic E-state index is 0.610. The van der Waals surface area contributed by atoms with Crippen LogP contribution in [0.25, 0.3) is 33.5 Å². The summed E-state index contributed by atoms with van der Waals surface area (Å²) < 4.78 is 0. The normalized spacial score (nSPS) is 16.4. The average molecular weight is 557 g/mol. The van der Waals surface area contributed by atoms with Gasteiger partial charge in [0.25, 0.3) is 0 Å². The first-order chi connectivity index (χ1) is 21.1. The van der Waals surface area contributed by atoms with E-state index in [-0.39, 0.29) is 0 Å². The molecule has 0 fully saturated rings. The highest BCUT2D eigenvalue weighted by atomic mass is 14.7. The second kappa shape index (κ2) is 11.8. The van der Waals surface area contributed by atoms with Crippen molar-refractivity contribution in [1.82, 2.24) is 19.9 Å². The van der Waals surface area contributed by atoms with Crippen molar-refractivity contribution < 1.29 is 0 Å². The number of nitrogens with zero attached hydrogens (tertiary/aromatic N) is 4. The Morgan fingerprint density at radius 3 is 2.23 bits per heavy atom. The molecular weight excluding hydrogens is 524 g/mol. The first kappa shape index (κ1) is 27.7. The average Bonchev–Trinajstić information content (AvgIpc) is 3.33. The Morgan fingerprint density at radius 2 is 1.56 bits per heavy atom. The molecule has 1 atom stereocenters. The lowest BCUT2D eigenvalue weighted by molar-refractivity contribution is 0.725. The summed E-state index contributed by atoms with van der Waals surface area (Å²) in [6, 6.07) is 26.8. The summed E-state index contributed by atoms with van der Waals surface area (Å²) >= 11 is 0. The number of hydrogen-bond acceptors (Lipinski definition) is 4. The number of allylic oxidation sites excluding steroid dienone is 8. The van der Waals surface area contributed by atoms with Gasteiger partial charge in [-0.25, -0.2) is 4.98 Å². The molecule has 0 saturated heterocycles. The van der Waals surface area contributed by atoms with Crippen LogP contribution < -0.4 is 0 Å². The summed E-state index contributed by atoms with van der Waals surface area (Å²) in [6.45, 7) is 12.9. The highest BCUT2D eigenvalue weighted by Crippen LogP contribution is 2.54. The van der Waals surface area contributed by atoms with Gasteiger partial charge in [0, 0.05) is 42.1 Å². The van der Waals surface area contributed by atoms with Gasteiger partial charge < -0.3 is 0 Å². The minimum atomic E-state index is -0.610. The predicted octanol–water partition coefficient (Wildman–Crippen LogP) is 9.08. The van der Waals surface area contributed by atoms with Crippen molar-refractivity contribution in [2.75, 3.05) is 0 Å². The van der Waals surface area contributed by atoms with Crippen LogP contribution >= 0.6 is 0 Å². The zero-order valence-corrected chi connectivity index (χ0v) is 24.4. The van der Waals surface area contributed by atoms with Crippen LogP contribution in [0.5, 0.6) is 0 Å². The van der Waals surface area contributed by atoms with Gasteiger partial charge in [0.15, 0.2) is 0 Å². The van der Waals surface area contributed by atoms with Crippen LogP contribution in [0.3, 0.4) is 0 Å². The van der Waals surface area contributed by atoms with Crippen molar-refractivity contribution in [2.45, 2.75) is 19.3 Å². The largest absolute Gasteiger partial charge is 0.264 e. The molecule has 0 N–H and O–H groups in total. The fourth-order valence-corrected chi connectivity index (χ4v) is 6.09. The Hall–Kier alpha value is -5.48. The number of aromatic nitrogens is 4. The van der Waals surface area contributed by atoms with Crippen molar-refractivity contribution in [3.05, 3.63) is 181 Å². The Bertz CT molecular complexity index is 1840. The second-order valence-electron chi connectivity index (χ2n) is 10.5. The quantitative estimate of drug-likeness (QED) is 0.179. The smallest absolute Gasteiger partial charge is 0.0879 e. The molecule has 4 nitrogen and oxygen atoms in total. The maximum absolute atomic E-state index is 5.03. The molecule has 6 rings (SSSR count). The molecule has 0 bridgehead atoms. The van der Waals surface area contributed by atoms with Crippen molar-refractivity contribution in [3.8, 4) is 22.4 Å². The zero-order valence-electron chi connectivity index (χ0n) is 24.4. The fraction of sp³-hybridized carbons (Fsp3) is 0.0769. The lowest BCUT2D eigenvalue weighted by Gasteiger charge is -2.34. The predicted molar refractivity (Wildman–Crippen MR) is 177 cm³/mol.